The third kappa shape index (κ3) is 4.33. The summed E-state index contributed by atoms with van der Waals surface area (Å²) in [7, 11) is 0. The molecule has 5 nitrogen and oxygen atoms in total. The minimum Gasteiger partial charge on any atom is -0.352 e. The molecule has 0 aliphatic rings. The zero-order valence-corrected chi connectivity index (χ0v) is 16.0. The lowest BCUT2D eigenvalue weighted by Gasteiger charge is -2.14. The van der Waals surface area contributed by atoms with Gasteiger partial charge in [-0.05, 0) is 50.6 Å². The Labute approximate surface area is 156 Å². The summed E-state index contributed by atoms with van der Waals surface area (Å²) in [6.07, 6.45) is 3.52. The van der Waals surface area contributed by atoms with Crippen molar-refractivity contribution in [2.24, 2.45) is 0 Å². The van der Waals surface area contributed by atoms with E-state index in [0.29, 0.717) is 5.95 Å². The lowest BCUT2D eigenvalue weighted by molar-refractivity contribution is 0.876. The summed E-state index contributed by atoms with van der Waals surface area (Å²) in [5.74, 6) is 1.34. The Morgan fingerprint density at radius 1 is 1.04 bits per heavy atom. The van der Waals surface area contributed by atoms with E-state index in [1.807, 2.05) is 36.4 Å². The molecule has 25 heavy (non-hydrogen) atoms. The minimum atomic E-state index is 0.244. The SMILES string of the molecule is Cc1c(Br)cccc1Nc1cc(-c2ccncc2)nc(NC(C)C)n1. The molecule has 0 atom stereocenters. The maximum Gasteiger partial charge on any atom is 0.225 e. The van der Waals surface area contributed by atoms with Gasteiger partial charge in [-0.25, -0.2) is 4.98 Å². The van der Waals surface area contributed by atoms with Gasteiger partial charge in [-0.2, -0.15) is 4.98 Å². The number of halogens is 1. The molecule has 0 saturated carbocycles. The molecule has 2 heterocycles. The molecule has 128 valence electrons. The zero-order chi connectivity index (χ0) is 17.8. The van der Waals surface area contributed by atoms with E-state index in [9.17, 15) is 0 Å². The minimum absolute atomic E-state index is 0.244. The molecule has 0 saturated heterocycles. The standard InChI is InChI=1S/C19H20BrN5/c1-12(2)22-19-24-17(14-7-9-21-10-8-14)11-18(25-19)23-16-6-4-5-15(20)13(16)3/h4-12H,1-3H3,(H2,22,23,24,25). The van der Waals surface area contributed by atoms with Crippen LogP contribution in [0.1, 0.15) is 19.4 Å². The Morgan fingerprint density at radius 2 is 1.80 bits per heavy atom. The molecule has 2 N–H and O–H groups in total. The van der Waals surface area contributed by atoms with E-state index in [-0.39, 0.29) is 6.04 Å². The Bertz CT molecular complexity index is 865. The van der Waals surface area contributed by atoms with Crippen molar-refractivity contribution in [3.63, 3.8) is 0 Å². The maximum absolute atomic E-state index is 4.63. The molecule has 3 rings (SSSR count). The molecule has 0 amide bonds. The number of nitrogens with zero attached hydrogens (tertiary/aromatic N) is 3. The third-order valence-electron chi connectivity index (χ3n) is 3.65. The Morgan fingerprint density at radius 3 is 2.52 bits per heavy atom. The van der Waals surface area contributed by atoms with Crippen LogP contribution in [0.2, 0.25) is 0 Å². The Kier molecular flexibility index (Phi) is 5.28. The molecule has 0 unspecified atom stereocenters. The quantitative estimate of drug-likeness (QED) is 0.621. The van der Waals surface area contributed by atoms with Crippen LogP contribution in [-0.4, -0.2) is 21.0 Å². The highest BCUT2D eigenvalue weighted by Gasteiger charge is 2.09. The molecular formula is C19H20BrN5. The molecule has 0 aliphatic heterocycles. The van der Waals surface area contributed by atoms with Crippen LogP contribution in [0.3, 0.4) is 0 Å². The molecule has 0 spiro atoms. The molecule has 3 aromatic rings. The van der Waals surface area contributed by atoms with Gasteiger partial charge in [0, 0.05) is 40.2 Å². The van der Waals surface area contributed by atoms with Crippen LogP contribution in [0.15, 0.2) is 53.3 Å². The molecule has 1 aromatic carbocycles. The second kappa shape index (κ2) is 7.61. The van der Waals surface area contributed by atoms with Gasteiger partial charge in [-0.3, -0.25) is 4.98 Å². The highest BCUT2D eigenvalue weighted by Crippen LogP contribution is 2.28. The number of aromatic nitrogens is 3. The molecule has 0 fully saturated rings. The fraction of sp³-hybridized carbons (Fsp3) is 0.211. The van der Waals surface area contributed by atoms with Gasteiger partial charge in [0.2, 0.25) is 5.95 Å². The van der Waals surface area contributed by atoms with E-state index in [1.54, 1.807) is 12.4 Å². The van der Waals surface area contributed by atoms with Gasteiger partial charge in [-0.15, -0.1) is 0 Å². The van der Waals surface area contributed by atoms with Crippen molar-refractivity contribution in [1.29, 1.82) is 0 Å². The van der Waals surface area contributed by atoms with E-state index < -0.39 is 0 Å². The van der Waals surface area contributed by atoms with Gasteiger partial charge in [0.1, 0.15) is 5.82 Å². The monoisotopic (exact) mass is 397 g/mol. The normalized spacial score (nSPS) is 10.8. The lowest BCUT2D eigenvalue weighted by atomic mass is 10.2. The zero-order valence-electron chi connectivity index (χ0n) is 14.4. The summed E-state index contributed by atoms with van der Waals surface area (Å²) >= 11 is 3.57. The average Bonchev–Trinajstić information content (AvgIpc) is 2.59. The first-order valence-electron chi connectivity index (χ1n) is 8.11. The first-order chi connectivity index (χ1) is 12.0. The maximum atomic E-state index is 4.63. The second-order valence-electron chi connectivity index (χ2n) is 6.03. The Balaban J connectivity index is 2.01. The van der Waals surface area contributed by atoms with E-state index in [0.717, 1.165) is 32.8 Å². The Hall–Kier alpha value is -2.47. The van der Waals surface area contributed by atoms with Crippen molar-refractivity contribution in [2.45, 2.75) is 26.8 Å². The molecule has 0 radical (unpaired) electrons. The summed E-state index contributed by atoms with van der Waals surface area (Å²) in [6.45, 7) is 6.19. The van der Waals surface area contributed by atoms with Crippen LogP contribution in [0.5, 0.6) is 0 Å². The number of hydrogen-bond acceptors (Lipinski definition) is 5. The smallest absolute Gasteiger partial charge is 0.225 e. The van der Waals surface area contributed by atoms with E-state index in [4.69, 9.17) is 0 Å². The number of pyridine rings is 1. The number of rotatable bonds is 5. The van der Waals surface area contributed by atoms with Crippen molar-refractivity contribution in [2.75, 3.05) is 10.6 Å². The van der Waals surface area contributed by atoms with Gasteiger partial charge in [0.15, 0.2) is 0 Å². The number of hydrogen-bond donors (Lipinski definition) is 2. The van der Waals surface area contributed by atoms with Crippen LogP contribution in [0.25, 0.3) is 11.3 Å². The third-order valence-corrected chi connectivity index (χ3v) is 4.51. The molecule has 6 heteroatoms. The predicted octanol–water partition coefficient (Wildman–Crippen LogP) is 5.17. The molecule has 2 aromatic heterocycles. The number of nitrogens with one attached hydrogen (secondary N) is 2. The topological polar surface area (TPSA) is 62.7 Å². The highest BCUT2D eigenvalue weighted by atomic mass is 79.9. The van der Waals surface area contributed by atoms with Crippen molar-refractivity contribution in [1.82, 2.24) is 15.0 Å². The first kappa shape index (κ1) is 17.4. The summed E-state index contributed by atoms with van der Waals surface area (Å²) in [4.78, 5) is 13.3. The summed E-state index contributed by atoms with van der Waals surface area (Å²) in [5, 5.41) is 6.68. The van der Waals surface area contributed by atoms with E-state index >= 15 is 0 Å². The van der Waals surface area contributed by atoms with Crippen molar-refractivity contribution >= 4 is 33.4 Å². The van der Waals surface area contributed by atoms with Gasteiger partial charge in [0.25, 0.3) is 0 Å². The molecule has 0 aliphatic carbocycles. The summed E-state index contributed by atoms with van der Waals surface area (Å²) in [5.41, 5.74) is 3.98. The van der Waals surface area contributed by atoms with Crippen LogP contribution < -0.4 is 10.6 Å². The molecular weight excluding hydrogens is 378 g/mol. The fourth-order valence-corrected chi connectivity index (χ4v) is 2.75. The molecule has 0 bridgehead atoms. The van der Waals surface area contributed by atoms with Crippen molar-refractivity contribution < 1.29 is 0 Å². The summed E-state index contributed by atoms with van der Waals surface area (Å²) < 4.78 is 1.06. The van der Waals surface area contributed by atoms with Crippen LogP contribution in [0, 0.1) is 6.92 Å². The van der Waals surface area contributed by atoms with E-state index in [2.05, 4.69) is 62.3 Å². The largest absolute Gasteiger partial charge is 0.352 e. The van der Waals surface area contributed by atoms with E-state index in [1.165, 1.54) is 0 Å². The van der Waals surface area contributed by atoms with Gasteiger partial charge < -0.3 is 10.6 Å². The average molecular weight is 398 g/mol. The summed E-state index contributed by atoms with van der Waals surface area (Å²) in [6, 6.07) is 12.1. The number of benzene rings is 1. The van der Waals surface area contributed by atoms with Crippen LogP contribution >= 0.6 is 15.9 Å². The van der Waals surface area contributed by atoms with Gasteiger partial charge in [-0.1, -0.05) is 22.0 Å². The fourth-order valence-electron chi connectivity index (χ4n) is 2.39. The van der Waals surface area contributed by atoms with Crippen LogP contribution in [-0.2, 0) is 0 Å². The van der Waals surface area contributed by atoms with Gasteiger partial charge >= 0.3 is 0 Å². The lowest BCUT2D eigenvalue weighted by Crippen LogP contribution is -2.13. The predicted molar refractivity (Wildman–Crippen MR) is 106 cm³/mol. The number of anilines is 3. The van der Waals surface area contributed by atoms with Crippen LogP contribution in [0.4, 0.5) is 17.5 Å². The highest BCUT2D eigenvalue weighted by molar-refractivity contribution is 9.10. The second-order valence-corrected chi connectivity index (χ2v) is 6.89. The van der Waals surface area contributed by atoms with Crippen molar-refractivity contribution in [3.8, 4) is 11.3 Å². The van der Waals surface area contributed by atoms with Crippen molar-refractivity contribution in [3.05, 3.63) is 58.8 Å². The first-order valence-corrected chi connectivity index (χ1v) is 8.90. The van der Waals surface area contributed by atoms with Gasteiger partial charge in [0.05, 0.1) is 5.69 Å².